The summed E-state index contributed by atoms with van der Waals surface area (Å²) in [7, 11) is 3.06. The first-order chi connectivity index (χ1) is 15.0. The molecule has 0 aromatic heterocycles. The van der Waals surface area contributed by atoms with Crippen LogP contribution in [0.5, 0.6) is 11.5 Å². The van der Waals surface area contributed by atoms with Gasteiger partial charge in [-0.3, -0.25) is 19.3 Å². The fraction of sp³-hybridized carbons (Fsp3) is 0.208. The highest BCUT2D eigenvalue weighted by Gasteiger charge is 2.32. The summed E-state index contributed by atoms with van der Waals surface area (Å²) in [6.45, 7) is 0.168. The van der Waals surface area contributed by atoms with Crippen LogP contribution < -0.4 is 14.8 Å². The van der Waals surface area contributed by atoms with Crippen molar-refractivity contribution in [3.63, 3.8) is 0 Å². The molecule has 0 fully saturated rings. The van der Waals surface area contributed by atoms with Crippen LogP contribution in [0.15, 0.2) is 54.6 Å². The molecule has 0 unspecified atom stereocenters. The van der Waals surface area contributed by atoms with Gasteiger partial charge in [-0.15, -0.1) is 0 Å². The molecule has 7 nitrogen and oxygen atoms in total. The van der Waals surface area contributed by atoms with Crippen molar-refractivity contribution in [2.75, 3.05) is 26.1 Å². The molecule has 1 aliphatic heterocycles. The molecule has 0 radical (unpaired) electrons. The van der Waals surface area contributed by atoms with Crippen LogP contribution in [0.2, 0.25) is 0 Å². The molecule has 0 bridgehead atoms. The molecule has 0 aliphatic carbocycles. The lowest BCUT2D eigenvalue weighted by molar-refractivity contribution is -0.116. The maximum absolute atomic E-state index is 12.9. The van der Waals surface area contributed by atoms with E-state index in [9.17, 15) is 14.4 Å². The average molecular weight is 418 g/mol. The first-order valence-corrected chi connectivity index (χ1v) is 9.93. The van der Waals surface area contributed by atoms with E-state index in [1.165, 1.54) is 19.1 Å². The summed E-state index contributed by atoms with van der Waals surface area (Å²) < 4.78 is 10.4. The van der Waals surface area contributed by atoms with Crippen molar-refractivity contribution in [1.82, 2.24) is 4.90 Å². The number of amides is 3. The second kappa shape index (κ2) is 8.47. The zero-order chi connectivity index (χ0) is 22.0. The van der Waals surface area contributed by atoms with Crippen molar-refractivity contribution in [2.45, 2.75) is 12.8 Å². The molecular formula is C24H22N2O5. The van der Waals surface area contributed by atoms with Gasteiger partial charge in [0.05, 0.1) is 14.2 Å². The molecule has 3 aromatic rings. The first-order valence-electron chi connectivity index (χ1n) is 9.93. The summed E-state index contributed by atoms with van der Waals surface area (Å²) in [5.41, 5.74) is 1.61. The van der Waals surface area contributed by atoms with Gasteiger partial charge in [0.2, 0.25) is 5.91 Å². The van der Waals surface area contributed by atoms with E-state index in [4.69, 9.17) is 9.47 Å². The number of anilines is 1. The van der Waals surface area contributed by atoms with Gasteiger partial charge in [0.15, 0.2) is 11.5 Å². The van der Waals surface area contributed by atoms with Gasteiger partial charge in [0, 0.05) is 41.2 Å². The molecule has 1 heterocycles. The van der Waals surface area contributed by atoms with E-state index in [1.807, 2.05) is 24.3 Å². The fourth-order valence-electron chi connectivity index (χ4n) is 3.82. The quantitative estimate of drug-likeness (QED) is 0.589. The lowest BCUT2D eigenvalue weighted by Gasteiger charge is -2.27. The van der Waals surface area contributed by atoms with Crippen molar-refractivity contribution >= 4 is 34.2 Å². The molecule has 1 N–H and O–H groups in total. The van der Waals surface area contributed by atoms with Gasteiger partial charge in [-0.2, -0.15) is 0 Å². The number of nitrogens with zero attached hydrogens (tertiary/aromatic N) is 1. The van der Waals surface area contributed by atoms with Crippen molar-refractivity contribution in [2.24, 2.45) is 0 Å². The summed E-state index contributed by atoms with van der Waals surface area (Å²) in [5, 5.41) is 4.36. The lowest BCUT2D eigenvalue weighted by Crippen LogP contribution is -2.41. The molecule has 0 atom stereocenters. The van der Waals surface area contributed by atoms with Crippen LogP contribution in [0.3, 0.4) is 0 Å². The van der Waals surface area contributed by atoms with Gasteiger partial charge in [0.25, 0.3) is 11.8 Å². The van der Waals surface area contributed by atoms with E-state index in [1.54, 1.807) is 30.3 Å². The molecule has 158 valence electrons. The van der Waals surface area contributed by atoms with Crippen molar-refractivity contribution in [1.29, 1.82) is 0 Å². The van der Waals surface area contributed by atoms with Crippen LogP contribution in [-0.2, 0) is 4.79 Å². The zero-order valence-corrected chi connectivity index (χ0v) is 17.3. The number of carbonyl (C=O) groups is 3. The van der Waals surface area contributed by atoms with Crippen LogP contribution in [0.1, 0.15) is 33.6 Å². The summed E-state index contributed by atoms with van der Waals surface area (Å²) in [5.74, 6) is 0.214. The van der Waals surface area contributed by atoms with Gasteiger partial charge in [0.1, 0.15) is 0 Å². The highest BCUT2D eigenvalue weighted by molar-refractivity contribution is 6.25. The standard InChI is InChI=1S/C24H22N2O5/c1-30-19-12-11-16(14-20(19)31-2)25-21(27)10-5-13-26-23(28)17-8-3-6-15-7-4-9-18(22(15)17)24(26)29/h3-4,6-9,11-12,14H,5,10,13H2,1-2H3,(H,25,27). The highest BCUT2D eigenvalue weighted by Crippen LogP contribution is 2.31. The Labute approximate surface area is 179 Å². The Morgan fingerprint density at radius 2 is 1.55 bits per heavy atom. The third kappa shape index (κ3) is 3.82. The molecule has 3 amide bonds. The second-order valence-corrected chi connectivity index (χ2v) is 7.19. The highest BCUT2D eigenvalue weighted by atomic mass is 16.5. The molecule has 7 heteroatoms. The second-order valence-electron chi connectivity index (χ2n) is 7.19. The van der Waals surface area contributed by atoms with Gasteiger partial charge < -0.3 is 14.8 Å². The Balaban J connectivity index is 1.40. The van der Waals surface area contributed by atoms with Crippen LogP contribution in [0, 0.1) is 0 Å². The SMILES string of the molecule is COc1ccc(NC(=O)CCCN2C(=O)c3cccc4cccc(c34)C2=O)cc1OC. The van der Waals surface area contributed by atoms with Crippen LogP contribution in [0.25, 0.3) is 10.8 Å². The Hall–Kier alpha value is -3.87. The zero-order valence-electron chi connectivity index (χ0n) is 17.3. The van der Waals surface area contributed by atoms with Gasteiger partial charge in [-0.25, -0.2) is 0 Å². The minimum atomic E-state index is -0.324. The number of carbonyl (C=O) groups excluding carboxylic acids is 3. The van der Waals surface area contributed by atoms with Crippen LogP contribution in [-0.4, -0.2) is 43.4 Å². The molecule has 0 saturated heterocycles. The van der Waals surface area contributed by atoms with E-state index in [0.717, 1.165) is 5.39 Å². The predicted molar refractivity (Wildman–Crippen MR) is 117 cm³/mol. The van der Waals surface area contributed by atoms with Crippen LogP contribution in [0.4, 0.5) is 5.69 Å². The van der Waals surface area contributed by atoms with Gasteiger partial charge >= 0.3 is 0 Å². The third-order valence-corrected chi connectivity index (χ3v) is 5.31. The first kappa shape index (κ1) is 20.4. The fourth-order valence-corrected chi connectivity index (χ4v) is 3.82. The number of ether oxygens (including phenoxy) is 2. The van der Waals surface area contributed by atoms with Gasteiger partial charge in [-0.05, 0) is 36.1 Å². The normalized spacial score (nSPS) is 12.8. The predicted octanol–water partition coefficient (Wildman–Crippen LogP) is 3.87. The third-order valence-electron chi connectivity index (χ3n) is 5.31. The smallest absolute Gasteiger partial charge is 0.261 e. The van der Waals surface area contributed by atoms with Crippen LogP contribution >= 0.6 is 0 Å². The summed E-state index contributed by atoms with van der Waals surface area (Å²) in [6, 6.07) is 16.0. The molecule has 0 spiro atoms. The summed E-state index contributed by atoms with van der Waals surface area (Å²) in [4.78, 5) is 39.4. The molecule has 4 rings (SSSR count). The van der Waals surface area contributed by atoms with E-state index < -0.39 is 0 Å². The van der Waals surface area contributed by atoms with E-state index in [2.05, 4.69) is 5.32 Å². The molecule has 3 aromatic carbocycles. The average Bonchev–Trinajstić information content (AvgIpc) is 2.79. The van der Waals surface area contributed by atoms with Crippen molar-refractivity contribution in [3.8, 4) is 11.5 Å². The van der Waals surface area contributed by atoms with Crippen molar-refractivity contribution < 1.29 is 23.9 Å². The number of methoxy groups -OCH3 is 2. The molecule has 31 heavy (non-hydrogen) atoms. The Morgan fingerprint density at radius 3 is 2.16 bits per heavy atom. The summed E-state index contributed by atoms with van der Waals surface area (Å²) in [6.07, 6.45) is 0.520. The number of nitrogens with one attached hydrogen (secondary N) is 1. The largest absolute Gasteiger partial charge is 0.493 e. The lowest BCUT2D eigenvalue weighted by atomic mass is 9.94. The maximum atomic E-state index is 12.9. The monoisotopic (exact) mass is 418 g/mol. The number of benzene rings is 3. The topological polar surface area (TPSA) is 84.9 Å². The van der Waals surface area contributed by atoms with E-state index in [0.29, 0.717) is 40.1 Å². The van der Waals surface area contributed by atoms with E-state index >= 15 is 0 Å². The Bertz CT molecular complexity index is 1140. The Morgan fingerprint density at radius 1 is 0.903 bits per heavy atom. The number of rotatable bonds is 7. The maximum Gasteiger partial charge on any atom is 0.261 e. The van der Waals surface area contributed by atoms with Crippen molar-refractivity contribution in [3.05, 3.63) is 65.7 Å². The van der Waals surface area contributed by atoms with E-state index in [-0.39, 0.29) is 30.7 Å². The van der Waals surface area contributed by atoms with Gasteiger partial charge in [-0.1, -0.05) is 24.3 Å². The molecule has 1 aliphatic rings. The number of hydrogen-bond acceptors (Lipinski definition) is 5. The minimum absolute atomic E-state index is 0.164. The number of imide groups is 1. The molecule has 0 saturated carbocycles. The number of hydrogen-bond donors (Lipinski definition) is 1. The summed E-state index contributed by atoms with van der Waals surface area (Å²) >= 11 is 0. The minimum Gasteiger partial charge on any atom is -0.493 e. The Kier molecular flexibility index (Phi) is 5.58. The molecular weight excluding hydrogens is 396 g/mol.